The highest BCUT2D eigenvalue weighted by atomic mass is 16.1. The molecule has 0 saturated carbocycles. The lowest BCUT2D eigenvalue weighted by Crippen LogP contribution is -1.94. The average molecular weight is 518 g/mol. The second-order valence-corrected chi connectivity index (χ2v) is 9.34. The Balaban J connectivity index is 1.56. The van der Waals surface area contributed by atoms with Crippen LogP contribution in [-0.4, -0.2) is 27.5 Å². The highest BCUT2D eigenvalue weighted by Gasteiger charge is 2.13. The molecule has 0 atom stereocenters. The monoisotopic (exact) mass is 517 g/mol. The van der Waals surface area contributed by atoms with Gasteiger partial charge < -0.3 is 0 Å². The third-order valence-electron chi connectivity index (χ3n) is 6.71. The van der Waals surface area contributed by atoms with E-state index in [2.05, 4.69) is 28.2 Å². The molecule has 0 saturated heterocycles. The van der Waals surface area contributed by atoms with Crippen LogP contribution in [0.5, 0.6) is 0 Å². The molecule has 0 unspecified atom stereocenters. The molecule has 0 radical (unpaired) electrons. The van der Waals surface area contributed by atoms with E-state index in [4.69, 9.17) is 4.98 Å². The Labute approximate surface area is 231 Å². The number of hydrogen-bond acceptors (Lipinski definition) is 5. The lowest BCUT2D eigenvalue weighted by Gasteiger charge is -2.14. The molecule has 0 aliphatic heterocycles. The fourth-order valence-corrected chi connectivity index (χ4v) is 4.62. The summed E-state index contributed by atoms with van der Waals surface area (Å²) in [6.45, 7) is 0. The lowest BCUT2D eigenvalue weighted by atomic mass is 9.92. The summed E-state index contributed by atoms with van der Waals surface area (Å²) in [6.07, 6.45) is 5.20. The molecule has 0 amide bonds. The first-order valence-corrected chi connectivity index (χ1v) is 12.8. The van der Waals surface area contributed by atoms with Gasteiger partial charge >= 0.3 is 0 Å². The molecule has 6 aromatic rings. The van der Waals surface area contributed by atoms with Gasteiger partial charge in [0.25, 0.3) is 0 Å². The van der Waals surface area contributed by atoms with Crippen LogP contribution in [0.1, 0.15) is 20.7 Å². The maximum absolute atomic E-state index is 11.2. The minimum atomic E-state index is 0.624. The maximum atomic E-state index is 11.2. The van der Waals surface area contributed by atoms with Crippen molar-refractivity contribution in [3.05, 3.63) is 139 Å². The van der Waals surface area contributed by atoms with E-state index in [9.17, 15) is 9.59 Å². The topological polar surface area (TPSA) is 72.8 Å². The van der Waals surface area contributed by atoms with Crippen molar-refractivity contribution in [3.8, 4) is 56.2 Å². The van der Waals surface area contributed by atoms with Crippen LogP contribution in [0.2, 0.25) is 0 Å². The van der Waals surface area contributed by atoms with E-state index in [1.54, 1.807) is 12.4 Å². The van der Waals surface area contributed by atoms with Gasteiger partial charge in [-0.05, 0) is 88.0 Å². The van der Waals surface area contributed by atoms with Crippen LogP contribution in [0.25, 0.3) is 56.2 Å². The molecule has 0 fully saturated rings. The highest BCUT2D eigenvalue weighted by Crippen LogP contribution is 2.35. The largest absolute Gasteiger partial charge is 0.298 e. The molecule has 0 aliphatic rings. The summed E-state index contributed by atoms with van der Waals surface area (Å²) in [5.41, 5.74) is 10.2. The quantitative estimate of drug-likeness (QED) is 0.202. The SMILES string of the molecule is O=Cc1ccc(-c2cc(-c3ccc(C=O)cc3)cc(-c3cc(-c4ccccn4)nc(-c4ccccn4)c3)c2)cc1. The minimum absolute atomic E-state index is 0.624. The van der Waals surface area contributed by atoms with E-state index in [0.717, 1.165) is 68.7 Å². The molecule has 5 heteroatoms. The van der Waals surface area contributed by atoms with E-state index in [1.165, 1.54) is 0 Å². The second kappa shape index (κ2) is 11.1. The van der Waals surface area contributed by atoms with E-state index < -0.39 is 0 Å². The van der Waals surface area contributed by atoms with Gasteiger partial charge in [-0.1, -0.05) is 60.7 Å². The summed E-state index contributed by atoms with van der Waals surface area (Å²) in [6, 6.07) is 37.1. The lowest BCUT2D eigenvalue weighted by molar-refractivity contribution is 0.111. The van der Waals surface area contributed by atoms with Crippen LogP contribution in [0, 0.1) is 0 Å². The zero-order valence-corrected chi connectivity index (χ0v) is 21.4. The number of pyridine rings is 3. The van der Waals surface area contributed by atoms with Gasteiger partial charge in [-0.3, -0.25) is 19.6 Å². The Morgan fingerprint density at radius 2 is 0.800 bits per heavy atom. The molecule has 3 aromatic heterocycles. The fraction of sp³-hybridized carbons (Fsp3) is 0. The molecule has 0 spiro atoms. The van der Waals surface area contributed by atoms with Crippen molar-refractivity contribution < 1.29 is 9.59 Å². The van der Waals surface area contributed by atoms with Crippen molar-refractivity contribution in [3.63, 3.8) is 0 Å². The Kier molecular flexibility index (Phi) is 6.84. The summed E-state index contributed by atoms with van der Waals surface area (Å²) in [7, 11) is 0. The number of aldehydes is 2. The Morgan fingerprint density at radius 3 is 1.18 bits per heavy atom. The normalized spacial score (nSPS) is 10.7. The highest BCUT2D eigenvalue weighted by molar-refractivity contribution is 5.85. The number of carbonyl (C=O) groups is 2. The van der Waals surface area contributed by atoms with Gasteiger partial charge in [-0.25, -0.2) is 4.98 Å². The molecule has 5 nitrogen and oxygen atoms in total. The number of aromatic nitrogens is 3. The van der Waals surface area contributed by atoms with Gasteiger partial charge in [0.2, 0.25) is 0 Å². The van der Waals surface area contributed by atoms with Gasteiger partial charge in [0.1, 0.15) is 12.6 Å². The van der Waals surface area contributed by atoms with E-state index in [-0.39, 0.29) is 0 Å². The molecular weight excluding hydrogens is 494 g/mol. The van der Waals surface area contributed by atoms with Gasteiger partial charge in [-0.15, -0.1) is 0 Å². The number of carbonyl (C=O) groups excluding carboxylic acids is 2. The third kappa shape index (κ3) is 5.22. The van der Waals surface area contributed by atoms with Gasteiger partial charge in [0, 0.05) is 23.5 Å². The van der Waals surface area contributed by atoms with Gasteiger partial charge in [-0.2, -0.15) is 0 Å². The number of nitrogens with zero attached hydrogens (tertiary/aromatic N) is 3. The molecule has 0 N–H and O–H groups in total. The first-order valence-electron chi connectivity index (χ1n) is 12.8. The third-order valence-corrected chi connectivity index (χ3v) is 6.71. The zero-order valence-electron chi connectivity index (χ0n) is 21.4. The molecule has 0 bridgehead atoms. The number of benzene rings is 3. The summed E-state index contributed by atoms with van der Waals surface area (Å²) in [5.74, 6) is 0. The van der Waals surface area contributed by atoms with Crippen molar-refractivity contribution >= 4 is 12.6 Å². The summed E-state index contributed by atoms with van der Waals surface area (Å²) in [5, 5.41) is 0. The second-order valence-electron chi connectivity index (χ2n) is 9.34. The van der Waals surface area contributed by atoms with Crippen molar-refractivity contribution in [2.24, 2.45) is 0 Å². The number of hydrogen-bond donors (Lipinski definition) is 0. The number of rotatable bonds is 7. The molecule has 6 rings (SSSR count). The van der Waals surface area contributed by atoms with Crippen LogP contribution in [0.15, 0.2) is 128 Å². The van der Waals surface area contributed by atoms with Crippen molar-refractivity contribution in [1.82, 2.24) is 15.0 Å². The Bertz CT molecular complexity index is 1670. The van der Waals surface area contributed by atoms with E-state index in [0.29, 0.717) is 11.1 Å². The van der Waals surface area contributed by atoms with Crippen LogP contribution in [0.3, 0.4) is 0 Å². The minimum Gasteiger partial charge on any atom is -0.298 e. The summed E-state index contributed by atoms with van der Waals surface area (Å²) < 4.78 is 0. The first kappa shape index (κ1) is 24.8. The molecule has 40 heavy (non-hydrogen) atoms. The Hall–Kier alpha value is -5.55. The van der Waals surface area contributed by atoms with Crippen LogP contribution in [-0.2, 0) is 0 Å². The van der Waals surface area contributed by atoms with E-state index in [1.807, 2.05) is 97.1 Å². The van der Waals surface area contributed by atoms with Crippen molar-refractivity contribution in [1.29, 1.82) is 0 Å². The van der Waals surface area contributed by atoms with Crippen LogP contribution >= 0.6 is 0 Å². The molecule has 3 heterocycles. The smallest absolute Gasteiger partial charge is 0.150 e. The predicted octanol–water partition coefficient (Wildman–Crippen LogP) is 7.83. The first-order chi connectivity index (χ1) is 19.7. The standard InChI is InChI=1S/C35H23N3O2/c39-22-24-7-11-26(12-8-24)28-17-29(27-13-9-25(23-40)10-14-27)19-30(18-28)31-20-34(32-5-1-3-15-36-32)38-35(21-31)33-6-2-4-16-37-33/h1-23H. The van der Waals surface area contributed by atoms with Crippen molar-refractivity contribution in [2.45, 2.75) is 0 Å². The van der Waals surface area contributed by atoms with Crippen LogP contribution in [0.4, 0.5) is 0 Å². The van der Waals surface area contributed by atoms with Gasteiger partial charge in [0.15, 0.2) is 0 Å². The summed E-state index contributed by atoms with van der Waals surface area (Å²) >= 11 is 0. The van der Waals surface area contributed by atoms with Crippen LogP contribution < -0.4 is 0 Å². The van der Waals surface area contributed by atoms with E-state index >= 15 is 0 Å². The molecule has 3 aromatic carbocycles. The van der Waals surface area contributed by atoms with Gasteiger partial charge in [0.05, 0.1) is 22.8 Å². The fourth-order valence-electron chi connectivity index (χ4n) is 4.62. The van der Waals surface area contributed by atoms with Crippen molar-refractivity contribution in [2.75, 3.05) is 0 Å². The maximum Gasteiger partial charge on any atom is 0.150 e. The molecule has 0 aliphatic carbocycles. The molecule has 190 valence electrons. The summed E-state index contributed by atoms with van der Waals surface area (Å²) in [4.78, 5) is 36.5. The average Bonchev–Trinajstić information content (AvgIpc) is 3.05. The predicted molar refractivity (Wildman–Crippen MR) is 158 cm³/mol. The Morgan fingerprint density at radius 1 is 0.400 bits per heavy atom. The molecular formula is C35H23N3O2. The zero-order chi connectivity index (χ0) is 27.3.